The number of hydrogen-bond donors (Lipinski definition) is 1. The molecule has 0 spiro atoms. The summed E-state index contributed by atoms with van der Waals surface area (Å²) in [7, 11) is 1.56. The number of rotatable bonds is 4. The van der Waals surface area contributed by atoms with E-state index in [0.717, 1.165) is 12.2 Å². The third-order valence-corrected chi connectivity index (χ3v) is 2.33. The molecule has 0 aliphatic rings. The summed E-state index contributed by atoms with van der Waals surface area (Å²) >= 11 is 0. The molecule has 0 radical (unpaired) electrons. The van der Waals surface area contributed by atoms with Crippen LogP contribution in [0.2, 0.25) is 0 Å². The Kier molecular flexibility index (Phi) is 3.39. The minimum absolute atomic E-state index is 0.212. The van der Waals surface area contributed by atoms with Crippen LogP contribution in [-0.4, -0.2) is 17.1 Å². The van der Waals surface area contributed by atoms with Gasteiger partial charge in [0.1, 0.15) is 5.76 Å². The standard InChI is InChI=1S/C12H14N2O3/c1-3-9-4-5-10(17-9)12-13-8(7-16-2)6-11(15)14-12/h4-6H,3,7H2,1-2H3,(H,13,14,15). The number of nitrogens with zero attached hydrogens (tertiary/aromatic N) is 1. The minimum atomic E-state index is -0.212. The van der Waals surface area contributed by atoms with Crippen LogP contribution in [0, 0.1) is 0 Å². The van der Waals surface area contributed by atoms with Gasteiger partial charge in [-0.3, -0.25) is 4.79 Å². The molecule has 0 unspecified atom stereocenters. The second-order valence-electron chi connectivity index (χ2n) is 3.64. The number of nitrogens with one attached hydrogen (secondary N) is 1. The van der Waals surface area contributed by atoms with Crippen LogP contribution >= 0.6 is 0 Å². The van der Waals surface area contributed by atoms with Crippen molar-refractivity contribution in [3.8, 4) is 11.6 Å². The molecule has 5 heteroatoms. The molecule has 0 bridgehead atoms. The molecular weight excluding hydrogens is 220 g/mol. The molecule has 2 heterocycles. The first-order valence-corrected chi connectivity index (χ1v) is 5.41. The van der Waals surface area contributed by atoms with E-state index in [-0.39, 0.29) is 5.56 Å². The maximum atomic E-state index is 11.4. The van der Waals surface area contributed by atoms with E-state index in [0.29, 0.717) is 23.9 Å². The molecule has 0 aromatic carbocycles. The fraction of sp³-hybridized carbons (Fsp3) is 0.333. The number of aryl methyl sites for hydroxylation is 1. The number of aromatic nitrogens is 2. The summed E-state index contributed by atoms with van der Waals surface area (Å²) in [5.41, 5.74) is 0.372. The van der Waals surface area contributed by atoms with Crippen molar-refractivity contribution in [1.29, 1.82) is 0 Å². The van der Waals surface area contributed by atoms with Gasteiger partial charge < -0.3 is 14.1 Å². The van der Waals surface area contributed by atoms with Gasteiger partial charge >= 0.3 is 0 Å². The number of H-pyrrole nitrogens is 1. The molecule has 2 rings (SSSR count). The monoisotopic (exact) mass is 234 g/mol. The molecule has 0 saturated carbocycles. The molecule has 5 nitrogen and oxygen atoms in total. The van der Waals surface area contributed by atoms with Gasteiger partial charge in [0.25, 0.3) is 5.56 Å². The van der Waals surface area contributed by atoms with Crippen LogP contribution in [0.5, 0.6) is 0 Å². The molecule has 2 aromatic heterocycles. The van der Waals surface area contributed by atoms with Gasteiger partial charge in [-0.05, 0) is 12.1 Å². The van der Waals surface area contributed by atoms with E-state index in [1.54, 1.807) is 13.2 Å². The fourth-order valence-electron chi connectivity index (χ4n) is 1.54. The highest BCUT2D eigenvalue weighted by atomic mass is 16.5. The largest absolute Gasteiger partial charge is 0.458 e. The summed E-state index contributed by atoms with van der Waals surface area (Å²) in [5.74, 6) is 1.86. The summed E-state index contributed by atoms with van der Waals surface area (Å²) in [6.45, 7) is 2.30. The molecule has 1 N–H and O–H groups in total. The van der Waals surface area contributed by atoms with E-state index in [2.05, 4.69) is 9.97 Å². The van der Waals surface area contributed by atoms with Gasteiger partial charge in [0.2, 0.25) is 0 Å². The van der Waals surface area contributed by atoms with E-state index in [1.807, 2.05) is 13.0 Å². The Morgan fingerprint density at radius 1 is 1.47 bits per heavy atom. The van der Waals surface area contributed by atoms with E-state index in [4.69, 9.17) is 9.15 Å². The number of ether oxygens (including phenoxy) is 1. The highest BCUT2D eigenvalue weighted by molar-refractivity contribution is 5.46. The van der Waals surface area contributed by atoms with Crippen molar-refractivity contribution in [2.45, 2.75) is 20.0 Å². The zero-order chi connectivity index (χ0) is 12.3. The van der Waals surface area contributed by atoms with Crippen molar-refractivity contribution in [3.05, 3.63) is 40.0 Å². The highest BCUT2D eigenvalue weighted by Gasteiger charge is 2.08. The first-order valence-electron chi connectivity index (χ1n) is 5.41. The second kappa shape index (κ2) is 4.97. The lowest BCUT2D eigenvalue weighted by Crippen LogP contribution is -2.10. The first kappa shape index (κ1) is 11.6. The third-order valence-electron chi connectivity index (χ3n) is 2.33. The van der Waals surface area contributed by atoms with Crippen LogP contribution in [-0.2, 0) is 17.8 Å². The number of hydrogen-bond acceptors (Lipinski definition) is 4. The van der Waals surface area contributed by atoms with Crippen LogP contribution < -0.4 is 5.56 Å². The van der Waals surface area contributed by atoms with Gasteiger partial charge in [0.05, 0.1) is 12.3 Å². The Labute approximate surface area is 98.5 Å². The summed E-state index contributed by atoms with van der Waals surface area (Å²) in [4.78, 5) is 18.4. The van der Waals surface area contributed by atoms with Crippen LogP contribution in [0.1, 0.15) is 18.4 Å². The molecule has 2 aromatic rings. The summed E-state index contributed by atoms with van der Waals surface area (Å²) in [5, 5.41) is 0. The predicted molar refractivity (Wildman–Crippen MR) is 62.7 cm³/mol. The van der Waals surface area contributed by atoms with E-state index in [9.17, 15) is 4.79 Å². The van der Waals surface area contributed by atoms with Crippen molar-refractivity contribution in [2.24, 2.45) is 0 Å². The fourth-order valence-corrected chi connectivity index (χ4v) is 1.54. The summed E-state index contributed by atoms with van der Waals surface area (Å²) in [6.07, 6.45) is 0.808. The molecule has 0 fully saturated rings. The van der Waals surface area contributed by atoms with E-state index < -0.39 is 0 Å². The zero-order valence-electron chi connectivity index (χ0n) is 9.82. The van der Waals surface area contributed by atoms with Crippen molar-refractivity contribution in [3.63, 3.8) is 0 Å². The Morgan fingerprint density at radius 3 is 2.94 bits per heavy atom. The van der Waals surface area contributed by atoms with Crippen LogP contribution in [0.15, 0.2) is 27.4 Å². The molecule has 0 aliphatic carbocycles. The lowest BCUT2D eigenvalue weighted by Gasteiger charge is -2.01. The third kappa shape index (κ3) is 2.62. The SMILES string of the molecule is CCc1ccc(-c2nc(COC)cc(=O)[nH]2)o1. The Bertz CT molecular complexity index is 557. The van der Waals surface area contributed by atoms with E-state index >= 15 is 0 Å². The van der Waals surface area contributed by atoms with Crippen LogP contribution in [0.3, 0.4) is 0 Å². The lowest BCUT2D eigenvalue weighted by molar-refractivity contribution is 0.181. The van der Waals surface area contributed by atoms with E-state index in [1.165, 1.54) is 6.07 Å². The molecule has 17 heavy (non-hydrogen) atoms. The predicted octanol–water partition coefficient (Wildman–Crippen LogP) is 1.74. The average molecular weight is 234 g/mol. The molecular formula is C12H14N2O3. The van der Waals surface area contributed by atoms with Crippen molar-refractivity contribution in [2.75, 3.05) is 7.11 Å². The molecule has 0 saturated heterocycles. The molecule has 0 aliphatic heterocycles. The summed E-state index contributed by atoms with van der Waals surface area (Å²) in [6, 6.07) is 5.09. The van der Waals surface area contributed by atoms with Crippen molar-refractivity contribution in [1.82, 2.24) is 9.97 Å². The Balaban J connectivity index is 2.40. The van der Waals surface area contributed by atoms with Gasteiger partial charge in [-0.2, -0.15) is 0 Å². The number of furan rings is 1. The average Bonchev–Trinajstić information content (AvgIpc) is 2.77. The van der Waals surface area contributed by atoms with Gasteiger partial charge in [0.15, 0.2) is 11.6 Å². The first-order chi connectivity index (χ1) is 8.22. The summed E-state index contributed by atoms with van der Waals surface area (Å²) < 4.78 is 10.5. The van der Waals surface area contributed by atoms with Crippen LogP contribution in [0.4, 0.5) is 0 Å². The second-order valence-corrected chi connectivity index (χ2v) is 3.64. The Hall–Kier alpha value is -1.88. The van der Waals surface area contributed by atoms with Gasteiger partial charge in [0, 0.05) is 19.6 Å². The zero-order valence-corrected chi connectivity index (χ0v) is 9.82. The van der Waals surface area contributed by atoms with Gasteiger partial charge in [-0.25, -0.2) is 4.98 Å². The number of aromatic amines is 1. The molecule has 90 valence electrons. The number of methoxy groups -OCH3 is 1. The maximum absolute atomic E-state index is 11.4. The topological polar surface area (TPSA) is 68.1 Å². The maximum Gasteiger partial charge on any atom is 0.251 e. The van der Waals surface area contributed by atoms with Gasteiger partial charge in [-0.15, -0.1) is 0 Å². The van der Waals surface area contributed by atoms with Crippen molar-refractivity contribution < 1.29 is 9.15 Å². The normalized spacial score (nSPS) is 10.7. The van der Waals surface area contributed by atoms with Crippen molar-refractivity contribution >= 4 is 0 Å². The minimum Gasteiger partial charge on any atom is -0.458 e. The molecule has 0 amide bonds. The highest BCUT2D eigenvalue weighted by Crippen LogP contribution is 2.18. The smallest absolute Gasteiger partial charge is 0.251 e. The van der Waals surface area contributed by atoms with Gasteiger partial charge in [-0.1, -0.05) is 6.92 Å². The lowest BCUT2D eigenvalue weighted by atomic mass is 10.3. The Morgan fingerprint density at radius 2 is 2.29 bits per heavy atom. The quantitative estimate of drug-likeness (QED) is 0.874. The molecule has 0 atom stereocenters. The van der Waals surface area contributed by atoms with Crippen LogP contribution in [0.25, 0.3) is 11.6 Å².